The Morgan fingerprint density at radius 1 is 1.28 bits per heavy atom. The summed E-state index contributed by atoms with van der Waals surface area (Å²) in [6, 6.07) is 3.92. The minimum absolute atomic E-state index is 0.120. The molecule has 2 heteroatoms. The smallest absolute Gasteiger partial charge is 0.116 e. The summed E-state index contributed by atoms with van der Waals surface area (Å²) < 4.78 is 0. The highest BCUT2D eigenvalue weighted by Gasteiger charge is 2.44. The zero-order chi connectivity index (χ0) is 12.8. The van der Waals surface area contributed by atoms with Crippen molar-refractivity contribution in [3.05, 3.63) is 28.8 Å². The molecule has 0 unspecified atom stereocenters. The second-order valence-electron chi connectivity index (χ2n) is 5.99. The van der Waals surface area contributed by atoms with Gasteiger partial charge in [0.25, 0.3) is 0 Å². The first-order chi connectivity index (χ1) is 8.67. The van der Waals surface area contributed by atoms with Crippen LogP contribution in [0, 0.1) is 12.8 Å². The molecule has 0 amide bonds. The Balaban J connectivity index is 2.18. The second kappa shape index (κ2) is 4.27. The lowest BCUT2D eigenvalue weighted by atomic mass is 9.62. The molecule has 1 saturated carbocycles. The molecular weight excluding hydrogens is 222 g/mol. The molecule has 1 fully saturated rings. The first-order valence-electron chi connectivity index (χ1n) is 7.19. The third-order valence-corrected chi connectivity index (χ3v) is 5.20. The van der Waals surface area contributed by atoms with E-state index in [0.29, 0.717) is 5.75 Å². The molecule has 2 nitrogen and oxygen atoms in total. The Morgan fingerprint density at radius 3 is 2.89 bits per heavy atom. The Hall–Kier alpha value is -1.02. The van der Waals surface area contributed by atoms with Crippen LogP contribution >= 0.6 is 0 Å². The standard InChI is InChI=1S/C16H23NO/c1-11-9-13(18)10-15-14(11)7-6-12-5-3-4-8-16(12,15)17-2/h9-10,12,17-18H,3-8H2,1-2H3/t12-,16+/m1/s1. The van der Waals surface area contributed by atoms with Gasteiger partial charge in [-0.25, -0.2) is 0 Å². The summed E-state index contributed by atoms with van der Waals surface area (Å²) in [5.74, 6) is 1.16. The number of hydrogen-bond acceptors (Lipinski definition) is 2. The van der Waals surface area contributed by atoms with Crippen LogP contribution in [0.5, 0.6) is 5.75 Å². The maximum Gasteiger partial charge on any atom is 0.116 e. The molecule has 0 heterocycles. The van der Waals surface area contributed by atoms with E-state index in [9.17, 15) is 5.11 Å². The van der Waals surface area contributed by atoms with E-state index >= 15 is 0 Å². The highest BCUT2D eigenvalue weighted by molar-refractivity contribution is 5.47. The van der Waals surface area contributed by atoms with Crippen LogP contribution in [0.15, 0.2) is 12.1 Å². The summed E-state index contributed by atoms with van der Waals surface area (Å²) in [6.07, 6.45) is 7.67. The van der Waals surface area contributed by atoms with E-state index in [4.69, 9.17) is 0 Å². The van der Waals surface area contributed by atoms with Gasteiger partial charge < -0.3 is 10.4 Å². The Morgan fingerprint density at radius 2 is 2.11 bits per heavy atom. The molecule has 2 aliphatic carbocycles. The van der Waals surface area contributed by atoms with Crippen molar-refractivity contribution in [3.63, 3.8) is 0 Å². The maximum atomic E-state index is 9.94. The van der Waals surface area contributed by atoms with Crippen LogP contribution in [0.3, 0.4) is 0 Å². The van der Waals surface area contributed by atoms with Gasteiger partial charge in [0.15, 0.2) is 0 Å². The molecule has 2 atom stereocenters. The van der Waals surface area contributed by atoms with Crippen LogP contribution in [0.25, 0.3) is 0 Å². The van der Waals surface area contributed by atoms with Gasteiger partial charge in [-0.05, 0) is 74.4 Å². The number of rotatable bonds is 1. The fourth-order valence-electron chi connectivity index (χ4n) is 4.30. The molecule has 2 aliphatic rings. The van der Waals surface area contributed by atoms with Crippen LogP contribution in [-0.4, -0.2) is 12.2 Å². The normalized spacial score (nSPS) is 30.7. The molecule has 3 rings (SSSR count). The van der Waals surface area contributed by atoms with Crippen LogP contribution in [0.2, 0.25) is 0 Å². The summed E-state index contributed by atoms with van der Waals surface area (Å²) in [5, 5.41) is 13.6. The summed E-state index contributed by atoms with van der Waals surface area (Å²) in [5.41, 5.74) is 4.22. The maximum absolute atomic E-state index is 9.94. The predicted molar refractivity (Wildman–Crippen MR) is 73.9 cm³/mol. The molecule has 2 N–H and O–H groups in total. The van der Waals surface area contributed by atoms with Gasteiger partial charge in [0.05, 0.1) is 0 Å². The SMILES string of the molecule is CN[C@@]12CCCC[C@@H]1CCc1c(C)cc(O)cc12. The van der Waals surface area contributed by atoms with Crippen molar-refractivity contribution in [2.75, 3.05) is 7.05 Å². The molecule has 0 radical (unpaired) electrons. The summed E-state index contributed by atoms with van der Waals surface area (Å²) >= 11 is 0. The Kier molecular flexibility index (Phi) is 2.86. The number of phenolic OH excluding ortho intramolecular Hbond substituents is 1. The molecule has 0 spiro atoms. The van der Waals surface area contributed by atoms with E-state index < -0.39 is 0 Å². The predicted octanol–water partition coefficient (Wildman–Crippen LogP) is 3.25. The van der Waals surface area contributed by atoms with Gasteiger partial charge in [0, 0.05) is 5.54 Å². The lowest BCUT2D eigenvalue weighted by Gasteiger charge is -2.49. The van der Waals surface area contributed by atoms with E-state index in [0.717, 1.165) is 5.92 Å². The molecule has 18 heavy (non-hydrogen) atoms. The quantitative estimate of drug-likeness (QED) is 0.796. The van der Waals surface area contributed by atoms with Crippen molar-refractivity contribution in [2.24, 2.45) is 5.92 Å². The van der Waals surface area contributed by atoms with Crippen LogP contribution < -0.4 is 5.32 Å². The molecule has 0 bridgehead atoms. The highest BCUT2D eigenvalue weighted by atomic mass is 16.3. The lowest BCUT2D eigenvalue weighted by molar-refractivity contribution is 0.129. The van der Waals surface area contributed by atoms with Gasteiger partial charge >= 0.3 is 0 Å². The average molecular weight is 245 g/mol. The summed E-state index contributed by atoms with van der Waals surface area (Å²) in [6.45, 7) is 2.13. The van der Waals surface area contributed by atoms with Crippen LogP contribution in [-0.2, 0) is 12.0 Å². The van der Waals surface area contributed by atoms with E-state index in [1.165, 1.54) is 55.2 Å². The van der Waals surface area contributed by atoms with Gasteiger partial charge in [-0.1, -0.05) is 12.8 Å². The zero-order valence-corrected chi connectivity index (χ0v) is 11.4. The molecule has 98 valence electrons. The van der Waals surface area contributed by atoms with E-state index in [1.807, 2.05) is 12.1 Å². The van der Waals surface area contributed by atoms with Gasteiger partial charge in [0.2, 0.25) is 0 Å². The first kappa shape index (κ1) is 12.0. The summed E-state index contributed by atoms with van der Waals surface area (Å²) in [4.78, 5) is 0. The van der Waals surface area contributed by atoms with Gasteiger partial charge in [-0.3, -0.25) is 0 Å². The molecule has 0 aliphatic heterocycles. The average Bonchev–Trinajstić information content (AvgIpc) is 2.38. The number of phenols is 1. The number of nitrogens with one attached hydrogen (secondary N) is 1. The van der Waals surface area contributed by atoms with Crippen molar-refractivity contribution in [1.82, 2.24) is 5.32 Å². The lowest BCUT2D eigenvalue weighted by Crippen LogP contribution is -2.51. The molecule has 0 aromatic heterocycles. The molecule has 1 aromatic rings. The van der Waals surface area contributed by atoms with Gasteiger partial charge in [0.1, 0.15) is 5.75 Å². The third kappa shape index (κ3) is 1.58. The number of aromatic hydroxyl groups is 1. The topological polar surface area (TPSA) is 32.3 Å². The van der Waals surface area contributed by atoms with Crippen LogP contribution in [0.1, 0.15) is 48.8 Å². The summed E-state index contributed by atoms with van der Waals surface area (Å²) in [7, 11) is 2.09. The minimum atomic E-state index is 0.120. The molecule has 0 saturated heterocycles. The van der Waals surface area contributed by atoms with E-state index in [1.54, 1.807) is 0 Å². The zero-order valence-electron chi connectivity index (χ0n) is 11.4. The van der Waals surface area contributed by atoms with Crippen molar-refractivity contribution in [3.8, 4) is 5.75 Å². The van der Waals surface area contributed by atoms with Crippen molar-refractivity contribution < 1.29 is 5.11 Å². The Bertz CT molecular complexity index is 468. The first-order valence-corrected chi connectivity index (χ1v) is 7.19. The second-order valence-corrected chi connectivity index (χ2v) is 5.99. The number of benzene rings is 1. The Labute approximate surface area is 109 Å². The minimum Gasteiger partial charge on any atom is -0.508 e. The number of fused-ring (bicyclic) bond motifs is 3. The van der Waals surface area contributed by atoms with Crippen molar-refractivity contribution >= 4 is 0 Å². The monoisotopic (exact) mass is 245 g/mol. The number of aryl methyl sites for hydroxylation is 1. The van der Waals surface area contributed by atoms with Gasteiger partial charge in [-0.2, -0.15) is 0 Å². The highest BCUT2D eigenvalue weighted by Crippen LogP contribution is 2.49. The number of hydrogen-bond donors (Lipinski definition) is 2. The van der Waals surface area contributed by atoms with Crippen LogP contribution in [0.4, 0.5) is 0 Å². The fourth-order valence-corrected chi connectivity index (χ4v) is 4.30. The largest absolute Gasteiger partial charge is 0.508 e. The van der Waals surface area contributed by atoms with Crippen molar-refractivity contribution in [2.45, 2.75) is 51.0 Å². The van der Waals surface area contributed by atoms with E-state index in [2.05, 4.69) is 19.3 Å². The molecule has 1 aromatic carbocycles. The van der Waals surface area contributed by atoms with Crippen molar-refractivity contribution in [1.29, 1.82) is 0 Å². The third-order valence-electron chi connectivity index (χ3n) is 5.20. The fraction of sp³-hybridized carbons (Fsp3) is 0.625. The van der Waals surface area contributed by atoms with E-state index in [-0.39, 0.29) is 5.54 Å². The van der Waals surface area contributed by atoms with Gasteiger partial charge in [-0.15, -0.1) is 0 Å². The molecular formula is C16H23NO.